The van der Waals surface area contributed by atoms with Crippen LogP contribution < -0.4 is 5.32 Å². The van der Waals surface area contributed by atoms with Crippen LogP contribution >= 0.6 is 23.2 Å². The average Bonchev–Trinajstić information content (AvgIpc) is 3.24. The normalized spacial score (nSPS) is 15.9. The van der Waals surface area contributed by atoms with Crippen molar-refractivity contribution in [3.05, 3.63) is 76.4 Å². The SMILES string of the molecule is CC(C)(C)OC(=O)N1CCC[C@@H](Cn2c(-c3c(Cl)cccc3Cl)cc3cnc(NCc4ccccc4)nc32)C1. The first-order valence-corrected chi connectivity index (χ1v) is 14.0. The molecule has 5 rings (SSSR count). The molecule has 1 aliphatic heterocycles. The minimum atomic E-state index is -0.533. The van der Waals surface area contributed by atoms with Crippen molar-refractivity contribution in [2.75, 3.05) is 18.4 Å². The number of carbonyl (C=O) groups excluding carboxylic acids is 1. The second-order valence-electron chi connectivity index (χ2n) is 11.0. The molecule has 2 aromatic heterocycles. The van der Waals surface area contributed by atoms with Gasteiger partial charge in [-0.1, -0.05) is 59.6 Å². The van der Waals surface area contributed by atoms with Crippen LogP contribution in [0.25, 0.3) is 22.3 Å². The molecule has 1 saturated heterocycles. The predicted octanol–water partition coefficient (Wildman–Crippen LogP) is 7.66. The molecule has 0 aliphatic carbocycles. The maximum Gasteiger partial charge on any atom is 0.410 e. The van der Waals surface area contributed by atoms with Crippen molar-refractivity contribution in [2.45, 2.75) is 52.3 Å². The van der Waals surface area contributed by atoms with Crippen LogP contribution in [0.2, 0.25) is 10.0 Å². The minimum Gasteiger partial charge on any atom is -0.444 e. The van der Waals surface area contributed by atoms with Gasteiger partial charge in [-0.05, 0) is 63.3 Å². The predicted molar refractivity (Wildman–Crippen MR) is 157 cm³/mol. The molecule has 7 nitrogen and oxygen atoms in total. The molecule has 0 spiro atoms. The molecular weight excluding hydrogens is 533 g/mol. The smallest absolute Gasteiger partial charge is 0.410 e. The second kappa shape index (κ2) is 11.4. The number of fused-ring (bicyclic) bond motifs is 1. The van der Waals surface area contributed by atoms with Crippen LogP contribution in [0.3, 0.4) is 0 Å². The number of aromatic nitrogens is 3. The molecule has 1 N–H and O–H groups in total. The zero-order chi connectivity index (χ0) is 27.6. The number of nitrogens with zero attached hydrogens (tertiary/aromatic N) is 4. The molecule has 0 saturated carbocycles. The molecule has 1 atom stereocenters. The molecular formula is C30H33Cl2N5O2. The number of likely N-dealkylation sites (tertiary alicyclic amines) is 1. The lowest BCUT2D eigenvalue weighted by atomic mass is 9.98. The van der Waals surface area contributed by atoms with E-state index in [1.54, 1.807) is 0 Å². The molecule has 1 amide bonds. The van der Waals surface area contributed by atoms with Crippen LogP contribution in [-0.2, 0) is 17.8 Å². The number of halogens is 2. The van der Waals surface area contributed by atoms with Crippen molar-refractivity contribution in [1.82, 2.24) is 19.4 Å². The third kappa shape index (κ3) is 6.48. The first kappa shape index (κ1) is 27.3. The van der Waals surface area contributed by atoms with Gasteiger partial charge in [-0.2, -0.15) is 4.98 Å². The van der Waals surface area contributed by atoms with Crippen molar-refractivity contribution in [2.24, 2.45) is 5.92 Å². The Morgan fingerprint density at radius 2 is 1.85 bits per heavy atom. The fourth-order valence-corrected chi connectivity index (χ4v) is 5.59. The van der Waals surface area contributed by atoms with E-state index in [9.17, 15) is 4.79 Å². The van der Waals surface area contributed by atoms with Crippen LogP contribution in [0, 0.1) is 5.92 Å². The number of anilines is 1. The van der Waals surface area contributed by atoms with E-state index in [-0.39, 0.29) is 12.0 Å². The van der Waals surface area contributed by atoms with E-state index in [1.165, 1.54) is 0 Å². The van der Waals surface area contributed by atoms with Gasteiger partial charge in [-0.3, -0.25) is 0 Å². The molecule has 4 aromatic rings. The van der Waals surface area contributed by atoms with E-state index < -0.39 is 5.60 Å². The largest absolute Gasteiger partial charge is 0.444 e. The molecule has 3 heterocycles. The molecule has 0 unspecified atom stereocenters. The van der Waals surface area contributed by atoms with Gasteiger partial charge in [0, 0.05) is 43.3 Å². The van der Waals surface area contributed by atoms with Crippen LogP contribution in [0.5, 0.6) is 0 Å². The Morgan fingerprint density at radius 3 is 2.56 bits per heavy atom. The quantitative estimate of drug-likeness (QED) is 0.259. The second-order valence-corrected chi connectivity index (χ2v) is 11.8. The monoisotopic (exact) mass is 565 g/mol. The Hall–Kier alpha value is -3.29. The lowest BCUT2D eigenvalue weighted by Crippen LogP contribution is -2.43. The fourth-order valence-electron chi connectivity index (χ4n) is 5.00. The molecule has 1 fully saturated rings. The third-order valence-corrected chi connectivity index (χ3v) is 7.39. The number of piperidine rings is 1. The molecule has 0 bridgehead atoms. The summed E-state index contributed by atoms with van der Waals surface area (Å²) in [4.78, 5) is 24.1. The van der Waals surface area contributed by atoms with Gasteiger partial charge in [0.15, 0.2) is 0 Å². The summed E-state index contributed by atoms with van der Waals surface area (Å²) in [7, 11) is 0. The Morgan fingerprint density at radius 1 is 1.10 bits per heavy atom. The van der Waals surface area contributed by atoms with E-state index in [0.717, 1.165) is 40.7 Å². The maximum absolute atomic E-state index is 12.8. The van der Waals surface area contributed by atoms with Crippen LogP contribution in [0.15, 0.2) is 60.8 Å². The fraction of sp³-hybridized carbons (Fsp3) is 0.367. The molecule has 204 valence electrons. The van der Waals surface area contributed by atoms with Gasteiger partial charge in [0.2, 0.25) is 5.95 Å². The summed E-state index contributed by atoms with van der Waals surface area (Å²) in [5.41, 5.74) is 3.04. The van der Waals surface area contributed by atoms with Crippen molar-refractivity contribution >= 4 is 46.3 Å². The topological polar surface area (TPSA) is 72.3 Å². The number of ether oxygens (including phenoxy) is 1. The molecule has 0 radical (unpaired) electrons. The van der Waals surface area contributed by atoms with Gasteiger partial charge >= 0.3 is 6.09 Å². The number of carbonyl (C=O) groups is 1. The number of nitrogens with one attached hydrogen (secondary N) is 1. The van der Waals surface area contributed by atoms with Crippen molar-refractivity contribution in [1.29, 1.82) is 0 Å². The summed E-state index contributed by atoms with van der Waals surface area (Å²) >= 11 is 13.3. The molecule has 2 aromatic carbocycles. The summed E-state index contributed by atoms with van der Waals surface area (Å²) in [6.45, 7) is 8.23. The van der Waals surface area contributed by atoms with Gasteiger partial charge in [0.1, 0.15) is 11.2 Å². The highest BCUT2D eigenvalue weighted by atomic mass is 35.5. The van der Waals surface area contributed by atoms with Gasteiger partial charge < -0.3 is 19.5 Å². The molecule has 9 heteroatoms. The summed E-state index contributed by atoms with van der Waals surface area (Å²) in [6.07, 6.45) is 3.45. The van der Waals surface area contributed by atoms with Gasteiger partial charge in [-0.25, -0.2) is 9.78 Å². The zero-order valence-corrected chi connectivity index (χ0v) is 24.0. The summed E-state index contributed by atoms with van der Waals surface area (Å²) in [6, 6.07) is 17.7. The number of amides is 1. The van der Waals surface area contributed by atoms with Gasteiger partial charge in [-0.15, -0.1) is 0 Å². The third-order valence-electron chi connectivity index (χ3n) is 6.76. The first-order chi connectivity index (χ1) is 18.7. The summed E-state index contributed by atoms with van der Waals surface area (Å²) < 4.78 is 7.82. The van der Waals surface area contributed by atoms with E-state index >= 15 is 0 Å². The van der Waals surface area contributed by atoms with Crippen LogP contribution in [-0.4, -0.2) is 44.2 Å². The maximum atomic E-state index is 12.8. The van der Waals surface area contributed by atoms with Crippen LogP contribution in [0.4, 0.5) is 10.7 Å². The highest BCUT2D eigenvalue weighted by molar-refractivity contribution is 6.39. The van der Waals surface area contributed by atoms with E-state index in [1.807, 2.05) is 74.3 Å². The Kier molecular flexibility index (Phi) is 8.01. The van der Waals surface area contributed by atoms with Gasteiger partial charge in [0.05, 0.1) is 15.7 Å². The highest BCUT2D eigenvalue weighted by Crippen LogP contribution is 2.38. The lowest BCUT2D eigenvalue weighted by molar-refractivity contribution is 0.0158. The van der Waals surface area contributed by atoms with E-state index in [0.29, 0.717) is 42.2 Å². The zero-order valence-electron chi connectivity index (χ0n) is 22.5. The Labute approximate surface area is 239 Å². The van der Waals surface area contributed by atoms with Crippen molar-refractivity contribution in [3.63, 3.8) is 0 Å². The minimum absolute atomic E-state index is 0.206. The van der Waals surface area contributed by atoms with E-state index in [4.69, 9.17) is 32.9 Å². The number of hydrogen-bond acceptors (Lipinski definition) is 5. The molecule has 1 aliphatic rings. The highest BCUT2D eigenvalue weighted by Gasteiger charge is 2.29. The number of rotatable bonds is 6. The van der Waals surface area contributed by atoms with Crippen molar-refractivity contribution in [3.8, 4) is 11.3 Å². The Balaban J connectivity index is 1.48. The van der Waals surface area contributed by atoms with Crippen LogP contribution in [0.1, 0.15) is 39.2 Å². The standard InChI is InChI=1S/C30H33Cl2N5O2/c1-30(2,3)39-29(38)36-14-8-11-21(18-36)19-37-25(26-23(31)12-7-13-24(26)32)15-22-17-34-28(35-27(22)37)33-16-20-9-5-4-6-10-20/h4-7,9-10,12-13,15,17,21H,8,11,14,16,18-19H2,1-3H3,(H,33,34,35)/t21-/m1/s1. The molecule has 39 heavy (non-hydrogen) atoms. The summed E-state index contributed by atoms with van der Waals surface area (Å²) in [5, 5.41) is 5.38. The Bertz CT molecular complexity index is 1450. The van der Waals surface area contributed by atoms with Gasteiger partial charge in [0.25, 0.3) is 0 Å². The van der Waals surface area contributed by atoms with E-state index in [2.05, 4.69) is 27.0 Å². The van der Waals surface area contributed by atoms with Crippen molar-refractivity contribution < 1.29 is 9.53 Å². The number of hydrogen-bond donors (Lipinski definition) is 1. The lowest BCUT2D eigenvalue weighted by Gasteiger charge is -2.34. The average molecular weight is 567 g/mol. The first-order valence-electron chi connectivity index (χ1n) is 13.2. The summed E-state index contributed by atoms with van der Waals surface area (Å²) in [5.74, 6) is 0.749. The number of benzene rings is 2.